The Balaban J connectivity index is 1.41. The summed E-state index contributed by atoms with van der Waals surface area (Å²) in [5.74, 6) is -1.69. The van der Waals surface area contributed by atoms with Gasteiger partial charge in [0.15, 0.2) is 0 Å². The number of nitrogens with one attached hydrogen (secondary N) is 2. The molecule has 1 heterocycles. The first-order valence-corrected chi connectivity index (χ1v) is 9.92. The highest BCUT2D eigenvalue weighted by Gasteiger charge is 2.23. The van der Waals surface area contributed by atoms with Crippen molar-refractivity contribution < 1.29 is 14.0 Å². The maximum atomic E-state index is 13.7. The number of hydrogen-bond donors (Lipinski definition) is 2. The van der Waals surface area contributed by atoms with Crippen molar-refractivity contribution in [3.63, 3.8) is 0 Å². The van der Waals surface area contributed by atoms with Gasteiger partial charge in [-0.2, -0.15) is 0 Å². The minimum absolute atomic E-state index is 0.122. The van der Waals surface area contributed by atoms with Gasteiger partial charge in [-0.15, -0.1) is 0 Å². The van der Waals surface area contributed by atoms with Crippen LogP contribution in [0, 0.1) is 5.82 Å². The highest BCUT2D eigenvalue weighted by Crippen LogP contribution is 2.47. The lowest BCUT2D eigenvalue weighted by Crippen LogP contribution is -2.43. The standard InChI is InChI=1S/C22H18FN3O2S/c23-16-8-2-1-7-15(16)22(28)25-24-21(27)13-14-26-17-9-3-5-11-19(17)29-20-12-6-4-10-18(20)26/h1-12H,13-14H2,(H,24,27)(H,25,28). The molecule has 1 aliphatic rings. The van der Waals surface area contributed by atoms with E-state index in [9.17, 15) is 14.0 Å². The third-order valence-electron chi connectivity index (χ3n) is 4.53. The van der Waals surface area contributed by atoms with E-state index < -0.39 is 11.7 Å². The molecule has 7 heteroatoms. The number of hydrogen-bond acceptors (Lipinski definition) is 4. The molecule has 0 atom stereocenters. The summed E-state index contributed by atoms with van der Waals surface area (Å²) < 4.78 is 13.7. The van der Waals surface area contributed by atoms with Gasteiger partial charge in [0.05, 0.1) is 16.9 Å². The molecule has 0 radical (unpaired) electrons. The summed E-state index contributed by atoms with van der Waals surface area (Å²) >= 11 is 1.70. The average Bonchev–Trinajstić information content (AvgIpc) is 2.75. The molecule has 0 spiro atoms. The monoisotopic (exact) mass is 407 g/mol. The molecule has 4 rings (SSSR count). The molecule has 0 unspecified atom stereocenters. The second-order valence-corrected chi connectivity index (χ2v) is 7.51. The van der Waals surface area contributed by atoms with Crippen LogP contribution in [0.1, 0.15) is 16.8 Å². The Morgan fingerprint density at radius 1 is 0.828 bits per heavy atom. The molecule has 0 saturated heterocycles. The molecule has 1 aliphatic heterocycles. The summed E-state index contributed by atoms with van der Waals surface area (Å²) in [6.45, 7) is 0.440. The molecular weight excluding hydrogens is 389 g/mol. The van der Waals surface area contributed by atoms with Crippen LogP contribution >= 0.6 is 11.8 Å². The maximum absolute atomic E-state index is 13.7. The summed E-state index contributed by atoms with van der Waals surface area (Å²) in [6, 6.07) is 21.7. The number of hydrazine groups is 1. The van der Waals surface area contributed by atoms with Gasteiger partial charge in [-0.05, 0) is 36.4 Å². The topological polar surface area (TPSA) is 61.4 Å². The molecule has 5 nitrogen and oxygen atoms in total. The molecular formula is C22H18FN3O2S. The number of carbonyl (C=O) groups excluding carboxylic acids is 2. The molecule has 146 valence electrons. The van der Waals surface area contributed by atoms with Crippen LogP contribution < -0.4 is 15.8 Å². The third kappa shape index (κ3) is 4.09. The normalized spacial score (nSPS) is 12.0. The lowest BCUT2D eigenvalue weighted by Gasteiger charge is -2.32. The Morgan fingerprint density at radius 3 is 2.07 bits per heavy atom. The van der Waals surface area contributed by atoms with Gasteiger partial charge in [-0.3, -0.25) is 20.4 Å². The number of carbonyl (C=O) groups is 2. The molecule has 0 aromatic heterocycles. The quantitative estimate of drug-likeness (QED) is 0.634. The number of nitrogens with zero attached hydrogens (tertiary/aromatic N) is 1. The number of amides is 2. The molecule has 0 aliphatic carbocycles. The summed E-state index contributed by atoms with van der Waals surface area (Å²) in [7, 11) is 0. The lowest BCUT2D eigenvalue weighted by atomic mass is 10.2. The van der Waals surface area contributed by atoms with Gasteiger partial charge in [-0.1, -0.05) is 48.2 Å². The van der Waals surface area contributed by atoms with E-state index in [4.69, 9.17) is 0 Å². The first-order valence-electron chi connectivity index (χ1n) is 9.10. The number of anilines is 2. The Morgan fingerprint density at radius 2 is 1.41 bits per heavy atom. The highest BCUT2D eigenvalue weighted by molar-refractivity contribution is 7.99. The largest absolute Gasteiger partial charge is 0.339 e. The van der Waals surface area contributed by atoms with E-state index in [0.29, 0.717) is 6.54 Å². The Kier molecular flexibility index (Phi) is 5.48. The average molecular weight is 407 g/mol. The third-order valence-corrected chi connectivity index (χ3v) is 5.66. The van der Waals surface area contributed by atoms with Crippen molar-refractivity contribution in [2.75, 3.05) is 11.4 Å². The molecule has 3 aromatic carbocycles. The molecule has 0 fully saturated rings. The summed E-state index contributed by atoms with van der Waals surface area (Å²) in [6.07, 6.45) is 0.158. The van der Waals surface area contributed by atoms with Crippen LogP contribution in [0.2, 0.25) is 0 Å². The zero-order chi connectivity index (χ0) is 20.2. The van der Waals surface area contributed by atoms with Crippen LogP contribution in [0.5, 0.6) is 0 Å². The predicted molar refractivity (Wildman–Crippen MR) is 111 cm³/mol. The molecule has 29 heavy (non-hydrogen) atoms. The summed E-state index contributed by atoms with van der Waals surface area (Å²) in [5.41, 5.74) is 6.58. The maximum Gasteiger partial charge on any atom is 0.272 e. The summed E-state index contributed by atoms with van der Waals surface area (Å²) in [4.78, 5) is 28.6. The van der Waals surface area contributed by atoms with E-state index in [1.165, 1.54) is 18.2 Å². The van der Waals surface area contributed by atoms with Gasteiger partial charge in [0.25, 0.3) is 5.91 Å². The number of fused-ring (bicyclic) bond motifs is 2. The van der Waals surface area contributed by atoms with Crippen LogP contribution in [-0.4, -0.2) is 18.4 Å². The van der Waals surface area contributed by atoms with Crippen LogP contribution in [0.15, 0.2) is 82.6 Å². The van der Waals surface area contributed by atoms with E-state index in [1.54, 1.807) is 17.8 Å². The summed E-state index contributed by atoms with van der Waals surface area (Å²) in [5, 5.41) is 0. The molecule has 0 saturated carbocycles. The lowest BCUT2D eigenvalue weighted by molar-refractivity contribution is -0.121. The molecule has 2 amide bonds. The Labute approximate surface area is 171 Å². The van der Waals surface area contributed by atoms with Crippen molar-refractivity contribution in [3.8, 4) is 0 Å². The van der Waals surface area contributed by atoms with Crippen LogP contribution in [0.4, 0.5) is 15.8 Å². The first-order chi connectivity index (χ1) is 14.1. The zero-order valence-electron chi connectivity index (χ0n) is 15.4. The van der Waals surface area contributed by atoms with Crippen LogP contribution in [0.3, 0.4) is 0 Å². The smallest absolute Gasteiger partial charge is 0.272 e. The number of rotatable bonds is 4. The Hall–Kier alpha value is -3.32. The van der Waals surface area contributed by atoms with E-state index in [-0.39, 0.29) is 17.9 Å². The highest BCUT2D eigenvalue weighted by atomic mass is 32.2. The van der Waals surface area contributed by atoms with Crippen LogP contribution in [-0.2, 0) is 4.79 Å². The van der Waals surface area contributed by atoms with E-state index in [0.717, 1.165) is 21.2 Å². The number of para-hydroxylation sites is 2. The minimum Gasteiger partial charge on any atom is -0.339 e. The first kappa shape index (κ1) is 19.0. The second kappa shape index (κ2) is 8.36. The van der Waals surface area contributed by atoms with Crippen molar-refractivity contribution in [1.29, 1.82) is 0 Å². The zero-order valence-corrected chi connectivity index (χ0v) is 16.2. The second-order valence-electron chi connectivity index (χ2n) is 6.42. The van der Waals surface area contributed by atoms with Gasteiger partial charge in [0.2, 0.25) is 5.91 Å². The fraction of sp³-hybridized carbons (Fsp3) is 0.0909. The fourth-order valence-corrected chi connectivity index (χ4v) is 4.23. The van der Waals surface area contributed by atoms with Crippen molar-refractivity contribution >= 4 is 35.0 Å². The van der Waals surface area contributed by atoms with Gasteiger partial charge >= 0.3 is 0 Å². The van der Waals surface area contributed by atoms with Gasteiger partial charge in [0, 0.05) is 22.8 Å². The predicted octanol–water partition coefficient (Wildman–Crippen LogP) is 4.28. The number of halogens is 1. The molecule has 0 bridgehead atoms. The van der Waals surface area contributed by atoms with Crippen molar-refractivity contribution in [3.05, 3.63) is 84.2 Å². The van der Waals surface area contributed by atoms with Gasteiger partial charge in [-0.25, -0.2) is 4.39 Å². The Bertz CT molecular complexity index is 1030. The van der Waals surface area contributed by atoms with E-state index in [1.807, 2.05) is 36.4 Å². The molecule has 2 N–H and O–H groups in total. The van der Waals surface area contributed by atoms with Crippen LogP contribution in [0.25, 0.3) is 0 Å². The van der Waals surface area contributed by atoms with Gasteiger partial charge in [0.1, 0.15) is 5.82 Å². The van der Waals surface area contributed by atoms with E-state index in [2.05, 4.69) is 27.9 Å². The SMILES string of the molecule is O=C(CCN1c2ccccc2Sc2ccccc21)NNC(=O)c1ccccc1F. The minimum atomic E-state index is -0.693. The number of benzene rings is 3. The van der Waals surface area contributed by atoms with Crippen molar-refractivity contribution in [2.24, 2.45) is 0 Å². The van der Waals surface area contributed by atoms with Gasteiger partial charge < -0.3 is 4.90 Å². The van der Waals surface area contributed by atoms with Crippen molar-refractivity contribution in [1.82, 2.24) is 10.9 Å². The molecule has 3 aromatic rings. The fourth-order valence-electron chi connectivity index (χ4n) is 3.14. The van der Waals surface area contributed by atoms with E-state index >= 15 is 0 Å². The van der Waals surface area contributed by atoms with Crippen molar-refractivity contribution in [2.45, 2.75) is 16.2 Å².